The number of ether oxygens (including phenoxy) is 1. The highest BCUT2D eigenvalue weighted by Gasteiger charge is 2.39. The van der Waals surface area contributed by atoms with Crippen molar-refractivity contribution in [2.45, 2.75) is 12.3 Å². The Morgan fingerprint density at radius 2 is 2.12 bits per heavy atom. The summed E-state index contributed by atoms with van der Waals surface area (Å²) in [6, 6.07) is 5.17. The molecule has 1 heterocycles. The van der Waals surface area contributed by atoms with Gasteiger partial charge in [-0.2, -0.15) is 0 Å². The molecule has 5 heteroatoms. The van der Waals surface area contributed by atoms with Gasteiger partial charge in [-0.05, 0) is 12.1 Å². The first-order valence-electron chi connectivity index (χ1n) is 5.19. The number of likely N-dealkylation sites (tertiary alicyclic amines) is 1. The van der Waals surface area contributed by atoms with Crippen LogP contribution in [0.1, 0.15) is 17.9 Å². The van der Waals surface area contributed by atoms with Gasteiger partial charge in [0.2, 0.25) is 11.8 Å². The van der Waals surface area contributed by atoms with Gasteiger partial charge in [0.05, 0.1) is 13.0 Å². The lowest BCUT2D eigenvalue weighted by Crippen LogP contribution is -2.25. The maximum absolute atomic E-state index is 11.9. The molecule has 1 aliphatic heterocycles. The monoisotopic (exact) mass is 253 g/mol. The van der Waals surface area contributed by atoms with Crippen molar-refractivity contribution in [3.8, 4) is 5.75 Å². The number of carbonyl (C=O) groups excluding carboxylic acids is 2. The number of likely N-dealkylation sites (N-methyl/N-ethyl adjacent to an activating group) is 1. The molecule has 1 unspecified atom stereocenters. The highest BCUT2D eigenvalue weighted by molar-refractivity contribution is 6.32. The fourth-order valence-corrected chi connectivity index (χ4v) is 2.31. The second-order valence-corrected chi connectivity index (χ2v) is 4.31. The first-order chi connectivity index (χ1) is 8.06. The summed E-state index contributed by atoms with van der Waals surface area (Å²) in [5, 5.41) is 0.450. The van der Waals surface area contributed by atoms with Gasteiger partial charge in [-0.1, -0.05) is 17.7 Å². The normalized spacial score (nSPS) is 19.9. The highest BCUT2D eigenvalue weighted by Crippen LogP contribution is 2.38. The Morgan fingerprint density at radius 1 is 1.41 bits per heavy atom. The van der Waals surface area contributed by atoms with E-state index in [4.69, 9.17) is 16.3 Å². The number of nitrogens with zero attached hydrogens (tertiary/aromatic N) is 1. The minimum atomic E-state index is -0.531. The van der Waals surface area contributed by atoms with Crippen LogP contribution in [-0.2, 0) is 9.59 Å². The van der Waals surface area contributed by atoms with Crippen LogP contribution in [0, 0.1) is 0 Å². The first-order valence-corrected chi connectivity index (χ1v) is 5.57. The van der Waals surface area contributed by atoms with Crippen molar-refractivity contribution in [3.05, 3.63) is 28.8 Å². The molecule has 2 amide bonds. The third-order valence-electron chi connectivity index (χ3n) is 2.96. The number of imide groups is 1. The number of hydrogen-bond acceptors (Lipinski definition) is 3. The molecule has 17 heavy (non-hydrogen) atoms. The van der Waals surface area contributed by atoms with E-state index in [1.165, 1.54) is 14.2 Å². The minimum Gasteiger partial charge on any atom is -0.496 e. The summed E-state index contributed by atoms with van der Waals surface area (Å²) >= 11 is 6.09. The van der Waals surface area contributed by atoms with E-state index < -0.39 is 5.92 Å². The van der Waals surface area contributed by atoms with Crippen molar-refractivity contribution in [1.82, 2.24) is 4.90 Å². The summed E-state index contributed by atoms with van der Waals surface area (Å²) in [5.41, 5.74) is 0.597. The number of methoxy groups -OCH3 is 1. The lowest BCUT2D eigenvalue weighted by molar-refractivity contribution is -0.137. The molecule has 0 N–H and O–H groups in total. The largest absolute Gasteiger partial charge is 0.496 e. The molecule has 4 nitrogen and oxygen atoms in total. The highest BCUT2D eigenvalue weighted by atomic mass is 35.5. The minimum absolute atomic E-state index is 0.148. The zero-order valence-electron chi connectivity index (χ0n) is 9.57. The summed E-state index contributed by atoms with van der Waals surface area (Å²) in [6.45, 7) is 0. The third kappa shape index (κ3) is 1.89. The van der Waals surface area contributed by atoms with Crippen LogP contribution in [0.2, 0.25) is 5.02 Å². The van der Waals surface area contributed by atoms with Crippen molar-refractivity contribution < 1.29 is 14.3 Å². The molecular weight excluding hydrogens is 242 g/mol. The van der Waals surface area contributed by atoms with Gasteiger partial charge in [0, 0.05) is 24.1 Å². The number of halogens is 1. The Labute approximate surface area is 104 Å². The average molecular weight is 254 g/mol. The molecule has 0 bridgehead atoms. The predicted molar refractivity (Wildman–Crippen MR) is 63.1 cm³/mol. The van der Waals surface area contributed by atoms with Crippen LogP contribution in [0.3, 0.4) is 0 Å². The second kappa shape index (κ2) is 4.37. The van der Waals surface area contributed by atoms with Crippen molar-refractivity contribution >= 4 is 23.4 Å². The summed E-state index contributed by atoms with van der Waals surface area (Å²) in [6.07, 6.45) is 0.148. The SMILES string of the molecule is COc1cccc(Cl)c1C1CC(=O)N(C)C1=O. The van der Waals surface area contributed by atoms with Gasteiger partial charge in [0.25, 0.3) is 0 Å². The maximum Gasteiger partial charge on any atom is 0.237 e. The molecule has 1 atom stereocenters. The van der Waals surface area contributed by atoms with Crippen molar-refractivity contribution in [2.24, 2.45) is 0 Å². The number of hydrogen-bond donors (Lipinski definition) is 0. The van der Waals surface area contributed by atoms with E-state index in [0.717, 1.165) is 4.90 Å². The van der Waals surface area contributed by atoms with Gasteiger partial charge in [-0.3, -0.25) is 14.5 Å². The first kappa shape index (κ1) is 11.9. The molecule has 1 fully saturated rings. The van der Waals surface area contributed by atoms with E-state index in [9.17, 15) is 9.59 Å². The summed E-state index contributed by atoms with van der Waals surface area (Å²) < 4.78 is 5.19. The second-order valence-electron chi connectivity index (χ2n) is 3.90. The van der Waals surface area contributed by atoms with Crippen LogP contribution in [0.5, 0.6) is 5.75 Å². The molecule has 0 saturated carbocycles. The molecule has 1 saturated heterocycles. The van der Waals surface area contributed by atoms with E-state index in [2.05, 4.69) is 0 Å². The van der Waals surface area contributed by atoms with Crippen molar-refractivity contribution in [2.75, 3.05) is 14.2 Å². The number of carbonyl (C=O) groups is 2. The van der Waals surface area contributed by atoms with E-state index in [1.807, 2.05) is 0 Å². The molecule has 90 valence electrons. The average Bonchev–Trinajstić information content (AvgIpc) is 2.56. The van der Waals surface area contributed by atoms with Gasteiger partial charge >= 0.3 is 0 Å². The third-order valence-corrected chi connectivity index (χ3v) is 3.29. The van der Waals surface area contributed by atoms with Crippen LogP contribution in [0.4, 0.5) is 0 Å². The molecule has 1 aromatic rings. The standard InChI is InChI=1S/C12H12ClNO3/c1-14-10(15)6-7(12(14)16)11-8(13)4-3-5-9(11)17-2/h3-5,7H,6H2,1-2H3. The van der Waals surface area contributed by atoms with Gasteiger partial charge in [0.15, 0.2) is 0 Å². The van der Waals surface area contributed by atoms with E-state index in [0.29, 0.717) is 16.3 Å². The quantitative estimate of drug-likeness (QED) is 0.756. The molecule has 2 rings (SSSR count). The lowest BCUT2D eigenvalue weighted by atomic mass is 9.96. The molecule has 1 aliphatic rings. The fraction of sp³-hybridized carbons (Fsp3) is 0.333. The van der Waals surface area contributed by atoms with Gasteiger partial charge < -0.3 is 4.74 Å². The summed E-state index contributed by atoms with van der Waals surface area (Å²) in [7, 11) is 2.99. The van der Waals surface area contributed by atoms with E-state index in [1.54, 1.807) is 18.2 Å². The van der Waals surface area contributed by atoms with Crippen molar-refractivity contribution in [1.29, 1.82) is 0 Å². The van der Waals surface area contributed by atoms with Gasteiger partial charge in [-0.15, -0.1) is 0 Å². The molecule has 0 aromatic heterocycles. The van der Waals surface area contributed by atoms with Crippen LogP contribution in [0.25, 0.3) is 0 Å². The number of rotatable bonds is 2. The molecule has 1 aromatic carbocycles. The maximum atomic E-state index is 11.9. The summed E-state index contributed by atoms with van der Waals surface area (Å²) in [5.74, 6) is -0.418. The Kier molecular flexibility index (Phi) is 3.07. The smallest absolute Gasteiger partial charge is 0.237 e. The van der Waals surface area contributed by atoms with Crippen molar-refractivity contribution in [3.63, 3.8) is 0 Å². The van der Waals surface area contributed by atoms with Crippen LogP contribution in [-0.4, -0.2) is 30.9 Å². The van der Waals surface area contributed by atoms with Crippen LogP contribution < -0.4 is 4.74 Å². The fourth-order valence-electron chi connectivity index (χ4n) is 2.01. The Morgan fingerprint density at radius 3 is 2.65 bits per heavy atom. The molecule has 0 spiro atoms. The molecule has 0 aliphatic carbocycles. The topological polar surface area (TPSA) is 46.6 Å². The van der Waals surface area contributed by atoms with Gasteiger partial charge in [-0.25, -0.2) is 0 Å². The zero-order chi connectivity index (χ0) is 12.6. The number of amides is 2. The zero-order valence-corrected chi connectivity index (χ0v) is 10.3. The Hall–Kier alpha value is -1.55. The van der Waals surface area contributed by atoms with E-state index in [-0.39, 0.29) is 18.2 Å². The van der Waals surface area contributed by atoms with Crippen LogP contribution >= 0.6 is 11.6 Å². The lowest BCUT2D eigenvalue weighted by Gasteiger charge is -2.14. The molecule has 0 radical (unpaired) electrons. The van der Waals surface area contributed by atoms with E-state index >= 15 is 0 Å². The van der Waals surface area contributed by atoms with Crippen LogP contribution in [0.15, 0.2) is 18.2 Å². The Bertz CT molecular complexity index is 487. The predicted octanol–water partition coefficient (Wildman–Crippen LogP) is 1.82. The Balaban J connectivity index is 2.48. The summed E-state index contributed by atoms with van der Waals surface area (Å²) in [4.78, 5) is 24.6. The molecular formula is C12H12ClNO3. The van der Waals surface area contributed by atoms with Gasteiger partial charge in [0.1, 0.15) is 5.75 Å². The number of benzene rings is 1.